The SMILES string of the molecule is c1ccc(-c2nc(-c3ccccc3)nc(-c3cc(-c4nc(-c5ccccc5)nc(-c5cccc6c5c5ccccc5n6-c5ccccc5)n4)ccc3-c3cccc4c3sc3ccccc34)n2)cc1. The molecular formula is C60H37N7S. The fraction of sp³-hybridized carbons (Fsp3) is 0. The Morgan fingerprint density at radius 3 is 1.41 bits per heavy atom. The van der Waals surface area contributed by atoms with Crippen molar-refractivity contribution in [1.82, 2.24) is 34.5 Å². The third-order valence-electron chi connectivity index (χ3n) is 12.5. The highest BCUT2D eigenvalue weighted by Gasteiger charge is 2.23. The molecule has 0 N–H and O–H groups in total. The van der Waals surface area contributed by atoms with E-state index < -0.39 is 0 Å². The van der Waals surface area contributed by atoms with E-state index in [2.05, 4.69) is 132 Å². The number of aromatic nitrogens is 7. The van der Waals surface area contributed by atoms with E-state index in [-0.39, 0.29) is 0 Å². The first-order valence-corrected chi connectivity index (χ1v) is 23.4. The minimum atomic E-state index is 0.533. The number of fused-ring (bicyclic) bond motifs is 6. The van der Waals surface area contributed by atoms with E-state index in [1.807, 2.05) is 97.1 Å². The molecule has 0 aliphatic rings. The van der Waals surface area contributed by atoms with Crippen molar-refractivity contribution in [2.45, 2.75) is 0 Å². The molecule has 0 amide bonds. The quantitative estimate of drug-likeness (QED) is 0.151. The van der Waals surface area contributed by atoms with Crippen molar-refractivity contribution in [3.05, 3.63) is 224 Å². The van der Waals surface area contributed by atoms with Crippen LogP contribution in [0.5, 0.6) is 0 Å². The minimum Gasteiger partial charge on any atom is -0.309 e. The molecule has 4 heterocycles. The first kappa shape index (κ1) is 39.4. The molecule has 7 nitrogen and oxygen atoms in total. The van der Waals surface area contributed by atoms with E-state index in [1.165, 1.54) is 20.2 Å². The van der Waals surface area contributed by atoms with Gasteiger partial charge in [-0.3, -0.25) is 0 Å². The molecule has 0 aliphatic heterocycles. The van der Waals surface area contributed by atoms with Crippen LogP contribution in [0.2, 0.25) is 0 Å². The zero-order chi connectivity index (χ0) is 45.0. The van der Waals surface area contributed by atoms with Gasteiger partial charge in [0.25, 0.3) is 0 Å². The van der Waals surface area contributed by atoms with Gasteiger partial charge in [0, 0.05) is 75.6 Å². The standard InChI is InChI=1S/C60H37N7S/c1-5-19-38(20-6-1)55-61-56(39-21-7-2-8-22-39)65-60(64-55)49-37-41(35-36-43(49)45-29-17-30-46-44-27-14-16-34-52(44)68-54(45)46)58-62-57(40-23-9-3-10-24-40)63-59(66-58)48-31-18-33-51-53(48)47-28-13-15-32-50(47)67(51)42-25-11-4-12-26-42/h1-37H. The highest BCUT2D eigenvalue weighted by atomic mass is 32.1. The largest absolute Gasteiger partial charge is 0.309 e. The fourth-order valence-electron chi connectivity index (χ4n) is 9.39. The summed E-state index contributed by atoms with van der Waals surface area (Å²) in [5, 5.41) is 4.63. The Bertz CT molecular complexity index is 3960. The second kappa shape index (κ2) is 16.5. The normalized spacial score (nSPS) is 11.5. The Morgan fingerprint density at radius 1 is 0.294 bits per heavy atom. The lowest BCUT2D eigenvalue weighted by molar-refractivity contribution is 1.07. The molecule has 13 aromatic rings. The molecule has 0 fully saturated rings. The van der Waals surface area contributed by atoms with Gasteiger partial charge < -0.3 is 4.57 Å². The summed E-state index contributed by atoms with van der Waals surface area (Å²) in [6.45, 7) is 0. The highest BCUT2D eigenvalue weighted by molar-refractivity contribution is 7.26. The Hall–Kier alpha value is -8.98. The topological polar surface area (TPSA) is 82.3 Å². The van der Waals surface area contributed by atoms with Crippen LogP contribution in [-0.4, -0.2) is 34.5 Å². The van der Waals surface area contributed by atoms with E-state index in [9.17, 15) is 0 Å². The summed E-state index contributed by atoms with van der Waals surface area (Å²) in [5.41, 5.74) is 10.6. The lowest BCUT2D eigenvalue weighted by Gasteiger charge is -2.15. The molecule has 318 valence electrons. The number of benzene rings is 9. The van der Waals surface area contributed by atoms with Gasteiger partial charge in [0.15, 0.2) is 34.9 Å². The van der Waals surface area contributed by atoms with Crippen LogP contribution in [0, 0.1) is 0 Å². The molecule has 0 spiro atoms. The number of thiophene rings is 1. The molecule has 8 heteroatoms. The predicted octanol–water partition coefficient (Wildman–Crippen LogP) is 15.2. The molecule has 9 aromatic carbocycles. The van der Waals surface area contributed by atoms with Crippen molar-refractivity contribution >= 4 is 53.3 Å². The number of rotatable bonds is 8. The zero-order valence-electron chi connectivity index (χ0n) is 36.4. The molecule has 13 rings (SSSR count). The van der Waals surface area contributed by atoms with Gasteiger partial charge in [-0.25, -0.2) is 29.9 Å². The first-order chi connectivity index (χ1) is 33.7. The van der Waals surface area contributed by atoms with Crippen LogP contribution in [0.15, 0.2) is 224 Å². The van der Waals surface area contributed by atoms with Crippen LogP contribution in [0.1, 0.15) is 0 Å². The van der Waals surface area contributed by atoms with Crippen molar-refractivity contribution in [2.75, 3.05) is 0 Å². The zero-order valence-corrected chi connectivity index (χ0v) is 37.2. The molecule has 0 saturated carbocycles. The Morgan fingerprint density at radius 2 is 0.765 bits per heavy atom. The summed E-state index contributed by atoms with van der Waals surface area (Å²) in [5.74, 6) is 3.40. The number of para-hydroxylation sites is 2. The average molecular weight is 888 g/mol. The Balaban J connectivity index is 1.08. The number of nitrogens with zero attached hydrogens (tertiary/aromatic N) is 7. The van der Waals surface area contributed by atoms with Crippen molar-refractivity contribution < 1.29 is 0 Å². The van der Waals surface area contributed by atoms with E-state index in [4.69, 9.17) is 29.9 Å². The maximum atomic E-state index is 5.40. The van der Waals surface area contributed by atoms with Gasteiger partial charge in [-0.1, -0.05) is 188 Å². The maximum absolute atomic E-state index is 5.40. The van der Waals surface area contributed by atoms with Crippen molar-refractivity contribution in [1.29, 1.82) is 0 Å². The maximum Gasteiger partial charge on any atom is 0.164 e. The van der Waals surface area contributed by atoms with Crippen LogP contribution < -0.4 is 0 Å². The van der Waals surface area contributed by atoms with Crippen LogP contribution in [0.3, 0.4) is 0 Å². The Kier molecular flexibility index (Phi) is 9.54. The summed E-state index contributed by atoms with van der Waals surface area (Å²) in [4.78, 5) is 31.6. The van der Waals surface area contributed by atoms with Gasteiger partial charge in [0.1, 0.15) is 0 Å². The molecule has 0 atom stereocenters. The lowest BCUT2D eigenvalue weighted by atomic mass is 9.95. The summed E-state index contributed by atoms with van der Waals surface area (Å²) >= 11 is 1.80. The van der Waals surface area contributed by atoms with E-state index in [1.54, 1.807) is 11.3 Å². The number of hydrogen-bond donors (Lipinski definition) is 0. The van der Waals surface area contributed by atoms with E-state index in [0.717, 1.165) is 72.0 Å². The third kappa shape index (κ3) is 6.82. The molecule has 0 aliphatic carbocycles. The minimum absolute atomic E-state index is 0.533. The van der Waals surface area contributed by atoms with Gasteiger partial charge >= 0.3 is 0 Å². The first-order valence-electron chi connectivity index (χ1n) is 22.5. The smallest absolute Gasteiger partial charge is 0.164 e. The van der Waals surface area contributed by atoms with Gasteiger partial charge in [0.05, 0.1) is 11.0 Å². The molecule has 4 aromatic heterocycles. The third-order valence-corrected chi connectivity index (χ3v) is 13.8. The van der Waals surface area contributed by atoms with Gasteiger partial charge in [-0.15, -0.1) is 11.3 Å². The summed E-state index contributed by atoms with van der Waals surface area (Å²) in [6.07, 6.45) is 0. The van der Waals surface area contributed by atoms with Gasteiger partial charge in [-0.2, -0.15) is 0 Å². The Labute approximate surface area is 395 Å². The summed E-state index contributed by atoms with van der Waals surface area (Å²) in [6, 6.07) is 77.4. The highest BCUT2D eigenvalue weighted by Crippen LogP contribution is 2.44. The van der Waals surface area contributed by atoms with Crippen molar-refractivity contribution in [2.24, 2.45) is 0 Å². The molecule has 0 saturated heterocycles. The summed E-state index contributed by atoms with van der Waals surface area (Å²) in [7, 11) is 0. The second-order valence-electron chi connectivity index (χ2n) is 16.6. The molecule has 0 radical (unpaired) electrons. The van der Waals surface area contributed by atoms with E-state index >= 15 is 0 Å². The second-order valence-corrected chi connectivity index (χ2v) is 17.7. The van der Waals surface area contributed by atoms with Crippen LogP contribution in [0.25, 0.3) is 127 Å². The summed E-state index contributed by atoms with van der Waals surface area (Å²) < 4.78 is 4.75. The van der Waals surface area contributed by atoms with Crippen molar-refractivity contribution in [3.63, 3.8) is 0 Å². The number of hydrogen-bond acceptors (Lipinski definition) is 7. The lowest BCUT2D eigenvalue weighted by Crippen LogP contribution is -2.03. The van der Waals surface area contributed by atoms with Gasteiger partial charge in [-0.05, 0) is 42.0 Å². The van der Waals surface area contributed by atoms with E-state index in [0.29, 0.717) is 34.9 Å². The molecule has 68 heavy (non-hydrogen) atoms. The van der Waals surface area contributed by atoms with Crippen LogP contribution in [-0.2, 0) is 0 Å². The monoisotopic (exact) mass is 887 g/mol. The predicted molar refractivity (Wildman–Crippen MR) is 278 cm³/mol. The fourth-order valence-corrected chi connectivity index (χ4v) is 10.6. The average Bonchev–Trinajstić information content (AvgIpc) is 3.98. The molecule has 0 bridgehead atoms. The molecular weight excluding hydrogens is 851 g/mol. The van der Waals surface area contributed by atoms with Crippen molar-refractivity contribution in [3.8, 4) is 85.1 Å². The van der Waals surface area contributed by atoms with Gasteiger partial charge in [0.2, 0.25) is 0 Å². The van der Waals surface area contributed by atoms with Crippen LogP contribution in [0.4, 0.5) is 0 Å². The molecule has 0 unspecified atom stereocenters. The van der Waals surface area contributed by atoms with Crippen LogP contribution >= 0.6 is 11.3 Å².